The molecule has 0 saturated carbocycles. The number of hydrogen-bond donors (Lipinski definition) is 1. The smallest absolute Gasteiger partial charge is 0.273 e. The summed E-state index contributed by atoms with van der Waals surface area (Å²) in [7, 11) is 0. The molecule has 33 heavy (non-hydrogen) atoms. The Hall–Kier alpha value is -4.00. The minimum absolute atomic E-state index is 0.102. The highest BCUT2D eigenvalue weighted by molar-refractivity contribution is 5.95. The Balaban J connectivity index is 1.74. The van der Waals surface area contributed by atoms with Gasteiger partial charge >= 0.3 is 0 Å². The third-order valence-electron chi connectivity index (χ3n) is 5.44. The second kappa shape index (κ2) is 11.0. The highest BCUT2D eigenvalue weighted by atomic mass is 16.6. The van der Waals surface area contributed by atoms with Crippen molar-refractivity contribution in [1.29, 1.82) is 0 Å². The van der Waals surface area contributed by atoms with Crippen molar-refractivity contribution in [2.45, 2.75) is 32.9 Å². The summed E-state index contributed by atoms with van der Waals surface area (Å²) in [5.74, 6) is -0.530. The molecule has 7 heteroatoms. The van der Waals surface area contributed by atoms with Gasteiger partial charge in [-0.25, -0.2) is 0 Å². The van der Waals surface area contributed by atoms with E-state index in [9.17, 15) is 19.7 Å². The Morgan fingerprint density at radius 2 is 1.64 bits per heavy atom. The summed E-state index contributed by atoms with van der Waals surface area (Å²) in [6.07, 6.45) is 0.115. The number of rotatable bonds is 9. The third-order valence-corrected chi connectivity index (χ3v) is 5.44. The molecule has 7 nitrogen and oxygen atoms in total. The third kappa shape index (κ3) is 6.49. The van der Waals surface area contributed by atoms with Gasteiger partial charge in [-0.05, 0) is 31.0 Å². The van der Waals surface area contributed by atoms with Crippen LogP contribution in [0, 0.1) is 17.0 Å². The second-order valence-corrected chi connectivity index (χ2v) is 7.92. The van der Waals surface area contributed by atoms with Crippen LogP contribution < -0.4 is 5.32 Å². The molecule has 170 valence electrons. The van der Waals surface area contributed by atoms with Crippen molar-refractivity contribution in [3.63, 3.8) is 0 Å². The SMILES string of the molecule is Cc1ccc(C(=O)N(CCC(=O)NC(C)c2ccccc2)Cc2ccccc2)cc1[N+](=O)[O-]. The molecule has 0 saturated heterocycles. The first kappa shape index (κ1) is 23.7. The molecule has 3 aromatic carbocycles. The van der Waals surface area contributed by atoms with E-state index < -0.39 is 4.92 Å². The van der Waals surface area contributed by atoms with Gasteiger partial charge in [0.25, 0.3) is 11.6 Å². The van der Waals surface area contributed by atoms with E-state index in [1.165, 1.54) is 6.07 Å². The summed E-state index contributed by atoms with van der Waals surface area (Å²) in [6.45, 7) is 4.02. The molecule has 2 amide bonds. The molecule has 0 fully saturated rings. The Bertz CT molecular complexity index is 1120. The van der Waals surface area contributed by atoms with Crippen LogP contribution in [-0.2, 0) is 11.3 Å². The van der Waals surface area contributed by atoms with Crippen LogP contribution in [0.5, 0.6) is 0 Å². The lowest BCUT2D eigenvalue weighted by Crippen LogP contribution is -2.35. The van der Waals surface area contributed by atoms with Crippen molar-refractivity contribution in [2.24, 2.45) is 0 Å². The minimum Gasteiger partial charge on any atom is -0.350 e. The van der Waals surface area contributed by atoms with Gasteiger partial charge in [0, 0.05) is 36.7 Å². The van der Waals surface area contributed by atoms with Gasteiger partial charge in [0.15, 0.2) is 0 Å². The van der Waals surface area contributed by atoms with Crippen LogP contribution in [0.4, 0.5) is 5.69 Å². The lowest BCUT2D eigenvalue weighted by Gasteiger charge is -2.23. The van der Waals surface area contributed by atoms with E-state index in [1.807, 2.05) is 67.6 Å². The van der Waals surface area contributed by atoms with E-state index in [2.05, 4.69) is 5.32 Å². The fourth-order valence-corrected chi connectivity index (χ4v) is 3.55. The minimum atomic E-state index is -0.494. The summed E-state index contributed by atoms with van der Waals surface area (Å²) >= 11 is 0. The largest absolute Gasteiger partial charge is 0.350 e. The van der Waals surface area contributed by atoms with Crippen LogP contribution in [-0.4, -0.2) is 28.2 Å². The van der Waals surface area contributed by atoms with Crippen molar-refractivity contribution in [3.8, 4) is 0 Å². The normalized spacial score (nSPS) is 11.5. The average Bonchev–Trinajstić information content (AvgIpc) is 2.82. The van der Waals surface area contributed by atoms with Gasteiger partial charge in [-0.1, -0.05) is 66.7 Å². The fourth-order valence-electron chi connectivity index (χ4n) is 3.55. The molecule has 0 radical (unpaired) electrons. The zero-order chi connectivity index (χ0) is 23.8. The van der Waals surface area contributed by atoms with E-state index in [-0.39, 0.29) is 42.1 Å². The first-order chi connectivity index (χ1) is 15.8. The van der Waals surface area contributed by atoms with Gasteiger partial charge in [0.2, 0.25) is 5.91 Å². The topological polar surface area (TPSA) is 92.6 Å². The molecule has 3 rings (SSSR count). The number of nitrogens with zero attached hydrogens (tertiary/aromatic N) is 2. The molecular weight excluding hydrogens is 418 g/mol. The molecule has 0 spiro atoms. The number of carbonyl (C=O) groups is 2. The summed E-state index contributed by atoms with van der Waals surface area (Å²) in [5, 5.41) is 14.3. The Morgan fingerprint density at radius 3 is 2.27 bits per heavy atom. The Kier molecular flexibility index (Phi) is 7.91. The van der Waals surface area contributed by atoms with Crippen LogP contribution in [0.15, 0.2) is 78.9 Å². The maximum Gasteiger partial charge on any atom is 0.273 e. The number of hydrogen-bond acceptors (Lipinski definition) is 4. The van der Waals surface area contributed by atoms with Crippen molar-refractivity contribution in [3.05, 3.63) is 111 Å². The second-order valence-electron chi connectivity index (χ2n) is 7.92. The lowest BCUT2D eigenvalue weighted by molar-refractivity contribution is -0.385. The molecule has 0 aliphatic rings. The molecule has 0 aliphatic carbocycles. The standard InChI is InChI=1S/C26H27N3O4/c1-19-13-14-23(17-24(19)29(32)33)26(31)28(18-21-9-5-3-6-10-21)16-15-25(30)27-20(2)22-11-7-4-8-12-22/h3-14,17,20H,15-16,18H2,1-2H3,(H,27,30). The quantitative estimate of drug-likeness (QED) is 0.378. The molecule has 0 heterocycles. The number of carbonyl (C=O) groups excluding carboxylic acids is 2. The van der Waals surface area contributed by atoms with E-state index in [1.54, 1.807) is 24.0 Å². The van der Waals surface area contributed by atoms with Crippen LogP contribution in [0.2, 0.25) is 0 Å². The Labute approximate surface area is 193 Å². The van der Waals surface area contributed by atoms with E-state index in [0.29, 0.717) is 12.1 Å². The monoisotopic (exact) mass is 445 g/mol. The van der Waals surface area contributed by atoms with E-state index in [4.69, 9.17) is 0 Å². The number of benzene rings is 3. The zero-order valence-electron chi connectivity index (χ0n) is 18.7. The van der Waals surface area contributed by atoms with Gasteiger partial charge in [0.05, 0.1) is 11.0 Å². The van der Waals surface area contributed by atoms with Crippen molar-refractivity contribution in [2.75, 3.05) is 6.54 Å². The van der Waals surface area contributed by atoms with Gasteiger partial charge in [0.1, 0.15) is 0 Å². The van der Waals surface area contributed by atoms with E-state index >= 15 is 0 Å². The van der Waals surface area contributed by atoms with Gasteiger partial charge in [-0.15, -0.1) is 0 Å². The first-order valence-corrected chi connectivity index (χ1v) is 10.8. The highest BCUT2D eigenvalue weighted by Crippen LogP contribution is 2.21. The van der Waals surface area contributed by atoms with Gasteiger partial charge in [-0.3, -0.25) is 19.7 Å². The predicted molar refractivity (Wildman–Crippen MR) is 127 cm³/mol. The summed E-state index contributed by atoms with van der Waals surface area (Å²) in [4.78, 5) is 38.2. The summed E-state index contributed by atoms with van der Waals surface area (Å²) < 4.78 is 0. The molecule has 0 aliphatic heterocycles. The maximum absolute atomic E-state index is 13.3. The van der Waals surface area contributed by atoms with Crippen LogP contribution in [0.1, 0.15) is 46.4 Å². The molecule has 1 unspecified atom stereocenters. The zero-order valence-corrected chi connectivity index (χ0v) is 18.7. The fraction of sp³-hybridized carbons (Fsp3) is 0.231. The predicted octanol–water partition coefficient (Wildman–Crippen LogP) is 4.81. The molecule has 0 aromatic heterocycles. The molecule has 3 aromatic rings. The summed E-state index contributed by atoms with van der Waals surface area (Å²) in [5.41, 5.74) is 2.51. The van der Waals surface area contributed by atoms with Gasteiger partial charge < -0.3 is 10.2 Å². The molecule has 0 bridgehead atoms. The van der Waals surface area contributed by atoms with Gasteiger partial charge in [-0.2, -0.15) is 0 Å². The average molecular weight is 446 g/mol. The molecule has 1 N–H and O–H groups in total. The number of nitro benzene ring substituents is 1. The number of amides is 2. The van der Waals surface area contributed by atoms with Crippen molar-refractivity contribution in [1.82, 2.24) is 10.2 Å². The highest BCUT2D eigenvalue weighted by Gasteiger charge is 2.21. The van der Waals surface area contributed by atoms with Crippen LogP contribution in [0.25, 0.3) is 0 Å². The molecular formula is C26H27N3O4. The first-order valence-electron chi connectivity index (χ1n) is 10.8. The summed E-state index contributed by atoms with van der Waals surface area (Å²) in [6, 6.07) is 23.4. The molecule has 1 atom stereocenters. The van der Waals surface area contributed by atoms with Crippen molar-refractivity contribution >= 4 is 17.5 Å². The number of nitrogens with one attached hydrogen (secondary N) is 1. The van der Waals surface area contributed by atoms with Crippen LogP contribution >= 0.6 is 0 Å². The maximum atomic E-state index is 13.3. The lowest BCUT2D eigenvalue weighted by atomic mass is 10.1. The van der Waals surface area contributed by atoms with Crippen LogP contribution in [0.3, 0.4) is 0 Å². The van der Waals surface area contributed by atoms with E-state index in [0.717, 1.165) is 11.1 Å². The Morgan fingerprint density at radius 1 is 1.00 bits per heavy atom. The number of nitro groups is 1. The van der Waals surface area contributed by atoms with Crippen molar-refractivity contribution < 1.29 is 14.5 Å². The number of aryl methyl sites for hydroxylation is 1.